The molecule has 0 heterocycles. The molecule has 2 nitrogen and oxygen atoms in total. The predicted molar refractivity (Wildman–Crippen MR) is 209 cm³/mol. The number of hydrogen-bond acceptors (Lipinski definition) is 2. The number of carbonyl (C=O) groups is 1. The van der Waals surface area contributed by atoms with Crippen LogP contribution in [-0.4, -0.2) is 13.1 Å². The van der Waals surface area contributed by atoms with Gasteiger partial charge in [-0.25, -0.2) is 0 Å². The van der Waals surface area contributed by atoms with E-state index in [1.165, 1.54) is 116 Å². The summed E-state index contributed by atoms with van der Waals surface area (Å²) in [5, 5.41) is 26.6. The second-order valence-corrected chi connectivity index (χ2v) is 16.8. The number of hydrogen-bond donors (Lipinski definition) is 0. The Bertz CT molecular complexity index is 3580. The molecule has 3 atom stereocenters. The molecule has 5 aliphatic carbocycles. The first-order valence-corrected chi connectivity index (χ1v) is 18.7. The molecule has 0 aliphatic heterocycles. The van der Waals surface area contributed by atoms with Crippen molar-refractivity contribution in [2.24, 2.45) is 5.41 Å². The van der Waals surface area contributed by atoms with Crippen molar-refractivity contribution in [3.63, 3.8) is 0 Å². The lowest BCUT2D eigenvalue weighted by atomic mass is 9.70. The monoisotopic (exact) mass is 646 g/mol. The van der Waals surface area contributed by atoms with Gasteiger partial charge in [0.2, 0.25) is 0 Å². The van der Waals surface area contributed by atoms with Gasteiger partial charge in [0.25, 0.3) is 0 Å². The fraction of sp³-hybridized carbons (Fsp3) is 0.163. The van der Waals surface area contributed by atoms with Crippen LogP contribution in [0.3, 0.4) is 0 Å². The van der Waals surface area contributed by atoms with Gasteiger partial charge in [0, 0.05) is 22.7 Å². The summed E-state index contributed by atoms with van der Waals surface area (Å²) in [5.41, 5.74) is 9.90. The number of esters is 1. The molecule has 0 amide bonds. The van der Waals surface area contributed by atoms with E-state index >= 15 is 0 Å². The lowest BCUT2D eigenvalue weighted by Crippen LogP contribution is -2.25. The summed E-state index contributed by atoms with van der Waals surface area (Å²) in [6, 6.07) is 28.8. The van der Waals surface area contributed by atoms with E-state index in [0.717, 1.165) is 19.3 Å². The molecular weight excluding hydrogens is 621 g/mol. The normalized spacial score (nSPS) is 25.1. The van der Waals surface area contributed by atoms with Gasteiger partial charge in [0.05, 0.1) is 7.11 Å². The Morgan fingerprint density at radius 3 is 2.08 bits per heavy atom. The average Bonchev–Trinajstić information content (AvgIpc) is 3.67. The van der Waals surface area contributed by atoms with Crippen molar-refractivity contribution in [1.82, 2.24) is 0 Å². The number of rotatable bonds is 5. The van der Waals surface area contributed by atoms with Crippen LogP contribution in [0.25, 0.3) is 109 Å². The maximum Gasteiger partial charge on any atom is 0.305 e. The van der Waals surface area contributed by atoms with E-state index in [4.69, 9.17) is 4.74 Å². The van der Waals surface area contributed by atoms with Crippen LogP contribution in [0.5, 0.6) is 0 Å². The predicted octanol–water partition coefficient (Wildman–Crippen LogP) is 11.6. The molecule has 0 radical (unpaired) electrons. The zero-order valence-electron chi connectivity index (χ0n) is 27.8. The van der Waals surface area contributed by atoms with Crippen molar-refractivity contribution in [3.8, 4) is 0 Å². The van der Waals surface area contributed by atoms with Crippen LogP contribution in [0, 0.1) is 5.41 Å². The number of methoxy groups -OCH3 is 1. The van der Waals surface area contributed by atoms with E-state index < -0.39 is 0 Å². The van der Waals surface area contributed by atoms with Crippen LogP contribution in [0.1, 0.15) is 52.6 Å². The molecule has 11 aromatic carbocycles. The minimum atomic E-state index is -0.228. The SMILES string of the molecule is COC(=O)CCCC1(c2ccccc2)C23C=Cc4cc5cc6ccc7cc8cc9cc%10c%11c(c%12c%13c(c4C%1221)c5c1c6c7c2c8c9c%11c%13c12)C(=C3)C%10. The first kappa shape index (κ1) is 24.4. The van der Waals surface area contributed by atoms with Crippen molar-refractivity contribution in [1.29, 1.82) is 0 Å². The molecule has 51 heavy (non-hydrogen) atoms. The van der Waals surface area contributed by atoms with E-state index in [1.807, 2.05) is 0 Å². The van der Waals surface area contributed by atoms with Gasteiger partial charge in [-0.15, -0.1) is 0 Å². The lowest BCUT2D eigenvalue weighted by Gasteiger charge is -2.31. The Balaban J connectivity index is 1.23. The van der Waals surface area contributed by atoms with E-state index in [0.29, 0.717) is 6.42 Å². The van der Waals surface area contributed by atoms with Crippen LogP contribution in [-0.2, 0) is 26.8 Å². The van der Waals surface area contributed by atoms with E-state index in [9.17, 15) is 4.79 Å². The van der Waals surface area contributed by atoms with E-state index in [2.05, 4.69) is 91.0 Å². The molecular formula is C49H26O2. The quantitative estimate of drug-likeness (QED) is 0.106. The number of ether oxygens (including phenoxy) is 1. The first-order valence-electron chi connectivity index (χ1n) is 18.7. The third-order valence-electron chi connectivity index (χ3n) is 15.5. The molecule has 234 valence electrons. The van der Waals surface area contributed by atoms with Gasteiger partial charge >= 0.3 is 5.97 Å². The molecule has 0 N–H and O–H groups in total. The van der Waals surface area contributed by atoms with Gasteiger partial charge in [0.1, 0.15) is 0 Å². The summed E-state index contributed by atoms with van der Waals surface area (Å²) in [5.74, 6) is -0.113. The molecule has 0 saturated heterocycles. The van der Waals surface area contributed by atoms with Crippen molar-refractivity contribution in [3.05, 3.63) is 118 Å². The lowest BCUT2D eigenvalue weighted by molar-refractivity contribution is -0.140. The molecule has 2 heteroatoms. The van der Waals surface area contributed by atoms with E-state index in [1.54, 1.807) is 27.5 Å². The maximum absolute atomic E-state index is 12.7. The van der Waals surface area contributed by atoms with Crippen LogP contribution in [0.15, 0.2) is 84.9 Å². The largest absolute Gasteiger partial charge is 0.469 e. The summed E-state index contributed by atoms with van der Waals surface area (Å²) in [6.07, 6.45) is 11.0. The van der Waals surface area contributed by atoms with Crippen molar-refractivity contribution >= 4 is 115 Å². The summed E-state index contributed by atoms with van der Waals surface area (Å²) < 4.78 is 5.21. The van der Waals surface area contributed by atoms with Gasteiger partial charge in [-0.2, -0.15) is 0 Å². The Hall–Kier alpha value is -5.73. The second kappa shape index (κ2) is 6.82. The zero-order chi connectivity index (χ0) is 32.7. The highest BCUT2D eigenvalue weighted by Crippen LogP contribution is 2.91. The Labute approximate surface area is 290 Å². The number of benzene rings is 9. The Morgan fingerprint density at radius 2 is 1.29 bits per heavy atom. The third kappa shape index (κ3) is 1.93. The topological polar surface area (TPSA) is 26.3 Å². The van der Waals surface area contributed by atoms with Crippen molar-refractivity contribution < 1.29 is 9.53 Å². The number of allylic oxidation sites excluding steroid dienone is 3. The van der Waals surface area contributed by atoms with Gasteiger partial charge < -0.3 is 4.74 Å². The minimum Gasteiger partial charge on any atom is -0.469 e. The minimum absolute atomic E-state index is 0.113. The second-order valence-electron chi connectivity index (χ2n) is 16.8. The van der Waals surface area contributed by atoms with Crippen LogP contribution >= 0.6 is 0 Å². The Morgan fingerprint density at radius 1 is 0.667 bits per heavy atom. The molecule has 0 aromatic heterocycles. The summed E-state index contributed by atoms with van der Waals surface area (Å²) >= 11 is 0. The highest BCUT2D eigenvalue weighted by molar-refractivity contribution is 6.59. The van der Waals surface area contributed by atoms with Gasteiger partial charge in [0.15, 0.2) is 0 Å². The van der Waals surface area contributed by atoms with Crippen LogP contribution in [0.2, 0.25) is 0 Å². The fourth-order valence-electron chi connectivity index (χ4n) is 14.5. The maximum atomic E-state index is 12.7. The molecule has 1 spiro atoms. The average molecular weight is 647 g/mol. The van der Waals surface area contributed by atoms with Crippen molar-refractivity contribution in [2.75, 3.05) is 7.11 Å². The van der Waals surface area contributed by atoms with Crippen LogP contribution in [0.4, 0.5) is 0 Å². The molecule has 1 saturated carbocycles. The third-order valence-corrected chi connectivity index (χ3v) is 15.5. The Kier molecular flexibility index (Phi) is 3.26. The smallest absolute Gasteiger partial charge is 0.305 e. The standard InChI is InChI=1S/C49H26O2/c1-51-30(50)8-5-12-48(29-6-3-2-4-7-29)47-13-11-23-16-24-14-21-9-10-22-15-25-17-26-18-27-19-28(20-47)37-35(27)40-34(26)33(25)38-31(22)32(21)39-36(24)43-44(42(40)41(38)39)46(37)49(47,48)45(23)43/h2-4,6-7,9-11,13-18,20H,5,8,12,19H2,1H3. The van der Waals surface area contributed by atoms with Crippen molar-refractivity contribution in [2.45, 2.75) is 36.5 Å². The van der Waals surface area contributed by atoms with E-state index in [-0.39, 0.29) is 22.2 Å². The highest BCUT2D eigenvalue weighted by Gasteiger charge is 2.89. The zero-order valence-corrected chi connectivity index (χ0v) is 27.8. The van der Waals surface area contributed by atoms with Gasteiger partial charge in [-0.3, -0.25) is 4.79 Å². The van der Waals surface area contributed by atoms with Crippen LogP contribution < -0.4 is 0 Å². The first-order chi connectivity index (χ1) is 25.1. The van der Waals surface area contributed by atoms with Gasteiger partial charge in [-0.05, 0) is 179 Å². The fourth-order valence-corrected chi connectivity index (χ4v) is 14.5. The molecule has 16 rings (SSSR count). The molecule has 3 unspecified atom stereocenters. The van der Waals surface area contributed by atoms with Gasteiger partial charge in [-0.1, -0.05) is 66.8 Å². The molecule has 11 aromatic rings. The highest BCUT2D eigenvalue weighted by atomic mass is 16.5. The molecule has 5 aliphatic rings. The molecule has 1 fully saturated rings. The summed E-state index contributed by atoms with van der Waals surface area (Å²) in [4.78, 5) is 12.7. The molecule has 0 bridgehead atoms. The summed E-state index contributed by atoms with van der Waals surface area (Å²) in [7, 11) is 1.52. The summed E-state index contributed by atoms with van der Waals surface area (Å²) in [6.45, 7) is 0. The number of carbonyl (C=O) groups excluding carboxylic acids is 1.